The van der Waals surface area contributed by atoms with Crippen LogP contribution in [0.3, 0.4) is 0 Å². The lowest BCUT2D eigenvalue weighted by Crippen LogP contribution is -2.20. The maximum Gasteiger partial charge on any atom is 0.216 e. The van der Waals surface area contributed by atoms with Gasteiger partial charge in [-0.05, 0) is 55.5 Å². The number of benzene rings is 2. The van der Waals surface area contributed by atoms with Crippen LogP contribution in [0.15, 0.2) is 48.5 Å². The molecule has 0 spiro atoms. The standard InChI is InChI=1S/C25H33N3O2/c1-3-21-13-15-22(16-14-21)30-19-9-18-28-24-11-7-6-10-23(24)27-25(28)12-5-4-8-17-26-20(2)29/h6-7,10-11,13-16H,3-5,8-9,12,17-19H2,1-2H3,(H,26,29). The molecule has 160 valence electrons. The van der Waals surface area contributed by atoms with E-state index in [1.165, 1.54) is 11.1 Å². The van der Waals surface area contributed by atoms with Crippen molar-refractivity contribution < 1.29 is 9.53 Å². The van der Waals surface area contributed by atoms with Gasteiger partial charge >= 0.3 is 0 Å². The quantitative estimate of drug-likeness (QED) is 0.434. The van der Waals surface area contributed by atoms with Crippen LogP contribution in [0.2, 0.25) is 0 Å². The predicted octanol–water partition coefficient (Wildman–Crippen LogP) is 4.92. The van der Waals surface area contributed by atoms with Crippen molar-refractivity contribution in [3.05, 3.63) is 59.9 Å². The Bertz CT molecular complexity index is 931. The Hall–Kier alpha value is -2.82. The Kier molecular flexibility index (Phi) is 8.30. The number of imidazole rings is 1. The number of amides is 1. The molecule has 1 aromatic heterocycles. The molecule has 0 saturated carbocycles. The third-order valence-corrected chi connectivity index (χ3v) is 5.31. The van der Waals surface area contributed by atoms with Gasteiger partial charge in [-0.2, -0.15) is 0 Å². The van der Waals surface area contributed by atoms with Gasteiger partial charge in [0, 0.05) is 26.4 Å². The second kappa shape index (κ2) is 11.4. The molecule has 0 aliphatic rings. The minimum absolute atomic E-state index is 0.0420. The van der Waals surface area contributed by atoms with Crippen LogP contribution in [0.5, 0.6) is 5.75 Å². The first-order valence-corrected chi connectivity index (χ1v) is 11.1. The number of rotatable bonds is 12. The second-order valence-electron chi connectivity index (χ2n) is 7.66. The highest BCUT2D eigenvalue weighted by Gasteiger charge is 2.10. The van der Waals surface area contributed by atoms with Gasteiger partial charge in [-0.3, -0.25) is 4.79 Å². The highest BCUT2D eigenvalue weighted by molar-refractivity contribution is 5.75. The van der Waals surface area contributed by atoms with E-state index >= 15 is 0 Å². The highest BCUT2D eigenvalue weighted by atomic mass is 16.5. The summed E-state index contributed by atoms with van der Waals surface area (Å²) in [4.78, 5) is 15.8. The molecule has 1 N–H and O–H groups in total. The monoisotopic (exact) mass is 407 g/mol. The molecule has 3 aromatic rings. The summed E-state index contributed by atoms with van der Waals surface area (Å²) in [7, 11) is 0. The topological polar surface area (TPSA) is 56.1 Å². The number of aryl methyl sites for hydroxylation is 3. The minimum atomic E-state index is 0.0420. The zero-order chi connectivity index (χ0) is 21.2. The molecule has 1 amide bonds. The summed E-state index contributed by atoms with van der Waals surface area (Å²) >= 11 is 0. The van der Waals surface area contributed by atoms with Gasteiger partial charge in [-0.15, -0.1) is 0 Å². The Morgan fingerprint density at radius 1 is 1.03 bits per heavy atom. The number of hydrogen-bond donors (Lipinski definition) is 1. The summed E-state index contributed by atoms with van der Waals surface area (Å²) < 4.78 is 8.27. The van der Waals surface area contributed by atoms with E-state index < -0.39 is 0 Å². The van der Waals surface area contributed by atoms with Gasteiger partial charge in [0.1, 0.15) is 11.6 Å². The highest BCUT2D eigenvalue weighted by Crippen LogP contribution is 2.19. The first-order valence-electron chi connectivity index (χ1n) is 11.1. The van der Waals surface area contributed by atoms with Crippen LogP contribution in [-0.4, -0.2) is 28.6 Å². The van der Waals surface area contributed by atoms with Gasteiger partial charge in [-0.25, -0.2) is 4.98 Å². The van der Waals surface area contributed by atoms with Gasteiger partial charge in [0.05, 0.1) is 17.6 Å². The number of nitrogens with one attached hydrogen (secondary N) is 1. The molecule has 0 radical (unpaired) electrons. The fraction of sp³-hybridized carbons (Fsp3) is 0.440. The summed E-state index contributed by atoms with van der Waals surface area (Å²) in [6.07, 6.45) is 6.09. The van der Waals surface area contributed by atoms with Crippen LogP contribution in [0.1, 0.15) is 50.9 Å². The van der Waals surface area contributed by atoms with E-state index in [4.69, 9.17) is 9.72 Å². The molecule has 0 unspecified atom stereocenters. The Morgan fingerprint density at radius 2 is 1.83 bits per heavy atom. The summed E-state index contributed by atoms with van der Waals surface area (Å²) in [6, 6.07) is 16.7. The van der Waals surface area contributed by atoms with Crippen molar-refractivity contribution in [1.82, 2.24) is 14.9 Å². The average molecular weight is 408 g/mol. The molecule has 1 heterocycles. The Morgan fingerprint density at radius 3 is 2.60 bits per heavy atom. The molecule has 0 bridgehead atoms. The molecule has 0 fully saturated rings. The van der Waals surface area contributed by atoms with Gasteiger partial charge in [-0.1, -0.05) is 37.6 Å². The molecule has 0 atom stereocenters. The normalized spacial score (nSPS) is 11.0. The number of fused-ring (bicyclic) bond motifs is 1. The Balaban J connectivity index is 1.52. The van der Waals surface area contributed by atoms with E-state index in [2.05, 4.69) is 59.3 Å². The third kappa shape index (κ3) is 6.34. The van der Waals surface area contributed by atoms with Crippen molar-refractivity contribution in [1.29, 1.82) is 0 Å². The van der Waals surface area contributed by atoms with Gasteiger partial charge in [0.25, 0.3) is 0 Å². The molecular formula is C25H33N3O2. The van der Waals surface area contributed by atoms with Crippen LogP contribution in [0.25, 0.3) is 11.0 Å². The maximum absolute atomic E-state index is 11.0. The van der Waals surface area contributed by atoms with Crippen molar-refractivity contribution >= 4 is 16.9 Å². The summed E-state index contributed by atoms with van der Waals surface area (Å²) in [5, 5.41) is 2.86. The van der Waals surface area contributed by atoms with Crippen molar-refractivity contribution in [2.45, 2.75) is 58.9 Å². The Labute approximate surface area is 179 Å². The molecule has 0 saturated heterocycles. The van der Waals surface area contributed by atoms with Crippen molar-refractivity contribution in [3.8, 4) is 5.75 Å². The van der Waals surface area contributed by atoms with E-state index in [9.17, 15) is 4.79 Å². The number of hydrogen-bond acceptors (Lipinski definition) is 3. The van der Waals surface area contributed by atoms with Gasteiger partial charge < -0.3 is 14.6 Å². The van der Waals surface area contributed by atoms with Crippen LogP contribution in [0.4, 0.5) is 0 Å². The lowest BCUT2D eigenvalue weighted by molar-refractivity contribution is -0.118. The molecule has 5 nitrogen and oxygen atoms in total. The van der Waals surface area contributed by atoms with E-state index in [-0.39, 0.29) is 5.91 Å². The zero-order valence-corrected chi connectivity index (χ0v) is 18.2. The van der Waals surface area contributed by atoms with Gasteiger partial charge in [0.15, 0.2) is 0 Å². The lowest BCUT2D eigenvalue weighted by Gasteiger charge is -2.11. The smallest absolute Gasteiger partial charge is 0.216 e. The molecule has 3 rings (SSSR count). The van der Waals surface area contributed by atoms with Crippen LogP contribution in [0, 0.1) is 0 Å². The van der Waals surface area contributed by atoms with Crippen LogP contribution in [-0.2, 0) is 24.2 Å². The van der Waals surface area contributed by atoms with Gasteiger partial charge in [0.2, 0.25) is 5.91 Å². The van der Waals surface area contributed by atoms with E-state index in [0.717, 1.165) is 68.7 Å². The van der Waals surface area contributed by atoms with E-state index in [0.29, 0.717) is 6.61 Å². The van der Waals surface area contributed by atoms with Crippen molar-refractivity contribution in [2.75, 3.05) is 13.2 Å². The minimum Gasteiger partial charge on any atom is -0.494 e. The number of unbranched alkanes of at least 4 members (excludes halogenated alkanes) is 2. The molecule has 0 aliphatic heterocycles. The lowest BCUT2D eigenvalue weighted by atomic mass is 10.2. The zero-order valence-electron chi connectivity index (χ0n) is 18.2. The SMILES string of the molecule is CCc1ccc(OCCCn2c(CCCCCNC(C)=O)nc3ccccc32)cc1. The van der Waals surface area contributed by atoms with Crippen LogP contribution >= 0.6 is 0 Å². The summed E-state index contributed by atoms with van der Waals surface area (Å²) in [5.41, 5.74) is 3.58. The molecular weight excluding hydrogens is 374 g/mol. The summed E-state index contributed by atoms with van der Waals surface area (Å²) in [6.45, 7) is 6.06. The second-order valence-corrected chi connectivity index (χ2v) is 7.66. The van der Waals surface area contributed by atoms with E-state index in [1.807, 2.05) is 6.07 Å². The number of carbonyl (C=O) groups is 1. The third-order valence-electron chi connectivity index (χ3n) is 5.31. The van der Waals surface area contributed by atoms with Crippen molar-refractivity contribution in [2.24, 2.45) is 0 Å². The molecule has 0 aliphatic carbocycles. The fourth-order valence-corrected chi connectivity index (χ4v) is 3.65. The van der Waals surface area contributed by atoms with Crippen molar-refractivity contribution in [3.63, 3.8) is 0 Å². The molecule has 30 heavy (non-hydrogen) atoms. The number of nitrogens with zero attached hydrogens (tertiary/aromatic N) is 2. The van der Waals surface area contributed by atoms with Crippen LogP contribution < -0.4 is 10.1 Å². The van der Waals surface area contributed by atoms with E-state index in [1.54, 1.807) is 6.92 Å². The number of para-hydroxylation sites is 2. The number of ether oxygens (including phenoxy) is 1. The first-order chi connectivity index (χ1) is 14.7. The predicted molar refractivity (Wildman–Crippen MR) is 122 cm³/mol. The summed E-state index contributed by atoms with van der Waals surface area (Å²) in [5.74, 6) is 2.12. The number of carbonyl (C=O) groups excluding carboxylic acids is 1. The molecule has 5 heteroatoms. The number of aromatic nitrogens is 2. The largest absolute Gasteiger partial charge is 0.494 e. The first kappa shape index (κ1) is 21.9. The average Bonchev–Trinajstić information content (AvgIpc) is 3.11. The maximum atomic E-state index is 11.0. The fourth-order valence-electron chi connectivity index (χ4n) is 3.65. The molecule has 2 aromatic carbocycles.